The van der Waals surface area contributed by atoms with E-state index < -0.39 is 12.0 Å². The molecule has 2 aromatic rings. The number of ether oxygens (including phenoxy) is 2. The highest BCUT2D eigenvalue weighted by atomic mass is 32.1. The molecule has 0 fully saturated rings. The molecular formula is C20H24N2O4S. The van der Waals surface area contributed by atoms with Crippen LogP contribution in [0.15, 0.2) is 23.6 Å². The van der Waals surface area contributed by atoms with Crippen LogP contribution < -0.4 is 9.64 Å². The van der Waals surface area contributed by atoms with Gasteiger partial charge in [-0.1, -0.05) is 13.8 Å². The largest absolute Gasteiger partial charge is 0.482 e. The Labute approximate surface area is 163 Å². The summed E-state index contributed by atoms with van der Waals surface area (Å²) >= 11 is 1.63. The van der Waals surface area contributed by atoms with Crippen molar-refractivity contribution in [1.82, 2.24) is 4.98 Å². The van der Waals surface area contributed by atoms with Gasteiger partial charge in [-0.15, -0.1) is 11.3 Å². The third kappa shape index (κ3) is 4.13. The Morgan fingerprint density at radius 3 is 2.93 bits per heavy atom. The highest BCUT2D eigenvalue weighted by Gasteiger charge is 2.34. The van der Waals surface area contributed by atoms with E-state index in [0.717, 1.165) is 35.5 Å². The number of hydrogen-bond donors (Lipinski definition) is 0. The van der Waals surface area contributed by atoms with Crippen molar-refractivity contribution in [2.75, 3.05) is 18.1 Å². The maximum absolute atomic E-state index is 12.5. The molecule has 144 valence electrons. The molecule has 0 N–H and O–H groups in total. The van der Waals surface area contributed by atoms with E-state index in [2.05, 4.69) is 11.9 Å². The van der Waals surface area contributed by atoms with Gasteiger partial charge >= 0.3 is 5.97 Å². The molecule has 0 saturated heterocycles. The summed E-state index contributed by atoms with van der Waals surface area (Å²) in [5.41, 5.74) is 2.34. The van der Waals surface area contributed by atoms with Crippen molar-refractivity contribution in [2.45, 2.75) is 46.1 Å². The molecule has 1 aliphatic rings. The Bertz CT molecular complexity index is 833. The van der Waals surface area contributed by atoms with Gasteiger partial charge in [-0.05, 0) is 44.4 Å². The molecule has 1 atom stereocenters. The molecule has 1 aliphatic heterocycles. The fourth-order valence-corrected chi connectivity index (χ4v) is 3.87. The molecule has 3 rings (SSSR count). The number of carbonyl (C=O) groups excluding carboxylic acids is 2. The second-order valence-corrected chi connectivity index (χ2v) is 7.40. The second kappa shape index (κ2) is 8.52. The number of fused-ring (bicyclic) bond motifs is 1. The van der Waals surface area contributed by atoms with Gasteiger partial charge in [-0.3, -0.25) is 9.69 Å². The molecule has 0 radical (unpaired) electrons. The Balaban J connectivity index is 1.92. The quantitative estimate of drug-likeness (QED) is 0.674. The van der Waals surface area contributed by atoms with Gasteiger partial charge in [0.2, 0.25) is 0 Å². The average Bonchev–Trinajstić information content (AvgIpc) is 3.14. The molecule has 1 amide bonds. The van der Waals surface area contributed by atoms with Crippen molar-refractivity contribution in [3.05, 3.63) is 28.6 Å². The summed E-state index contributed by atoms with van der Waals surface area (Å²) in [5.74, 6) is -0.0922. The molecular weight excluding hydrogens is 364 g/mol. The molecule has 1 unspecified atom stereocenters. The predicted molar refractivity (Wildman–Crippen MR) is 105 cm³/mol. The van der Waals surface area contributed by atoms with E-state index in [9.17, 15) is 9.59 Å². The Kier molecular flexibility index (Phi) is 6.11. The van der Waals surface area contributed by atoms with Crippen LogP contribution in [0.25, 0.3) is 11.3 Å². The summed E-state index contributed by atoms with van der Waals surface area (Å²) < 4.78 is 10.8. The summed E-state index contributed by atoms with van der Waals surface area (Å²) in [5, 5.41) is 3.10. The van der Waals surface area contributed by atoms with Crippen molar-refractivity contribution in [3.8, 4) is 17.0 Å². The number of aryl methyl sites for hydroxylation is 1. The van der Waals surface area contributed by atoms with Crippen LogP contribution in [0.5, 0.6) is 5.75 Å². The number of amides is 1. The summed E-state index contributed by atoms with van der Waals surface area (Å²) in [6, 6.07) is 4.90. The van der Waals surface area contributed by atoms with Gasteiger partial charge in [0.1, 0.15) is 11.8 Å². The average molecular weight is 388 g/mol. The smallest absolute Gasteiger partial charge is 0.328 e. The lowest BCUT2D eigenvalue weighted by molar-refractivity contribution is -0.146. The SMILES string of the molecule is CCCOC(=O)C(C)N1C(=O)COc2ccc(-c3csc(CCC)n3)cc21. The van der Waals surface area contributed by atoms with Crippen LogP contribution >= 0.6 is 11.3 Å². The Morgan fingerprint density at radius 1 is 1.37 bits per heavy atom. The number of nitrogens with zero attached hydrogens (tertiary/aromatic N) is 2. The van der Waals surface area contributed by atoms with Crippen LogP contribution in [0.3, 0.4) is 0 Å². The van der Waals surface area contributed by atoms with Gasteiger partial charge in [0, 0.05) is 10.9 Å². The number of aromatic nitrogens is 1. The summed E-state index contributed by atoms with van der Waals surface area (Å²) in [4.78, 5) is 31.0. The van der Waals surface area contributed by atoms with Crippen molar-refractivity contribution in [3.63, 3.8) is 0 Å². The van der Waals surface area contributed by atoms with Crippen molar-refractivity contribution in [1.29, 1.82) is 0 Å². The van der Waals surface area contributed by atoms with Crippen LogP contribution in [-0.4, -0.2) is 36.1 Å². The van der Waals surface area contributed by atoms with Gasteiger partial charge in [-0.25, -0.2) is 9.78 Å². The first-order valence-electron chi connectivity index (χ1n) is 9.25. The monoisotopic (exact) mass is 388 g/mol. The second-order valence-electron chi connectivity index (χ2n) is 6.45. The highest BCUT2D eigenvalue weighted by Crippen LogP contribution is 2.37. The van der Waals surface area contributed by atoms with E-state index in [0.29, 0.717) is 18.0 Å². The number of hydrogen-bond acceptors (Lipinski definition) is 6. The van der Waals surface area contributed by atoms with Crippen LogP contribution in [0.2, 0.25) is 0 Å². The summed E-state index contributed by atoms with van der Waals surface area (Å²) in [6.07, 6.45) is 2.73. The normalized spacial score (nSPS) is 14.5. The van der Waals surface area contributed by atoms with Crippen molar-refractivity contribution in [2.24, 2.45) is 0 Å². The zero-order chi connectivity index (χ0) is 19.4. The number of thiazole rings is 1. The Hall–Kier alpha value is -2.41. The van der Waals surface area contributed by atoms with Crippen LogP contribution in [0, 0.1) is 0 Å². The minimum Gasteiger partial charge on any atom is -0.482 e. The lowest BCUT2D eigenvalue weighted by atomic mass is 10.1. The summed E-state index contributed by atoms with van der Waals surface area (Å²) in [6.45, 7) is 5.99. The highest BCUT2D eigenvalue weighted by molar-refractivity contribution is 7.09. The molecule has 0 bridgehead atoms. The number of esters is 1. The molecule has 2 heterocycles. The van der Waals surface area contributed by atoms with E-state index in [-0.39, 0.29) is 12.5 Å². The molecule has 7 heteroatoms. The minimum absolute atomic E-state index is 0.0882. The number of benzene rings is 1. The van der Waals surface area contributed by atoms with E-state index in [4.69, 9.17) is 9.47 Å². The fraction of sp³-hybridized carbons (Fsp3) is 0.450. The first-order valence-corrected chi connectivity index (χ1v) is 10.1. The van der Waals surface area contributed by atoms with Gasteiger partial charge in [0.05, 0.1) is 23.0 Å². The predicted octanol–water partition coefficient (Wildman–Crippen LogP) is 3.83. The van der Waals surface area contributed by atoms with Gasteiger partial charge in [-0.2, -0.15) is 0 Å². The number of carbonyl (C=O) groups is 2. The molecule has 0 aliphatic carbocycles. The molecule has 0 saturated carbocycles. The first-order chi connectivity index (χ1) is 13.0. The maximum Gasteiger partial charge on any atom is 0.328 e. The van der Waals surface area contributed by atoms with Gasteiger partial charge < -0.3 is 9.47 Å². The lowest BCUT2D eigenvalue weighted by Gasteiger charge is -2.33. The zero-order valence-electron chi connectivity index (χ0n) is 15.9. The summed E-state index contributed by atoms with van der Waals surface area (Å²) in [7, 11) is 0. The molecule has 27 heavy (non-hydrogen) atoms. The zero-order valence-corrected chi connectivity index (χ0v) is 16.7. The molecule has 6 nitrogen and oxygen atoms in total. The van der Waals surface area contributed by atoms with Crippen molar-refractivity contribution < 1.29 is 19.1 Å². The number of anilines is 1. The van der Waals surface area contributed by atoms with E-state index in [1.165, 1.54) is 4.90 Å². The van der Waals surface area contributed by atoms with Gasteiger partial charge in [0.15, 0.2) is 6.61 Å². The molecule has 1 aromatic heterocycles. The lowest BCUT2D eigenvalue weighted by Crippen LogP contribution is -2.48. The fourth-order valence-electron chi connectivity index (χ4n) is 2.96. The van der Waals surface area contributed by atoms with Crippen LogP contribution in [0.1, 0.15) is 38.6 Å². The standard InChI is InChI=1S/C20H24N2O4S/c1-4-6-18-21-15(12-27-18)14-7-8-17-16(10-14)22(19(23)11-26-17)13(3)20(24)25-9-5-2/h7-8,10,12-13H,4-6,9,11H2,1-3H3. The first kappa shape index (κ1) is 19.4. The topological polar surface area (TPSA) is 68.7 Å². The maximum atomic E-state index is 12.5. The molecule has 1 aromatic carbocycles. The third-order valence-corrected chi connectivity index (χ3v) is 5.24. The minimum atomic E-state index is -0.715. The van der Waals surface area contributed by atoms with E-state index in [1.807, 2.05) is 30.5 Å². The number of rotatable bonds is 7. The van der Waals surface area contributed by atoms with E-state index >= 15 is 0 Å². The van der Waals surface area contributed by atoms with E-state index in [1.54, 1.807) is 18.3 Å². The van der Waals surface area contributed by atoms with Crippen LogP contribution in [0.4, 0.5) is 5.69 Å². The Morgan fingerprint density at radius 2 is 2.19 bits per heavy atom. The van der Waals surface area contributed by atoms with Crippen LogP contribution in [-0.2, 0) is 20.7 Å². The van der Waals surface area contributed by atoms with Gasteiger partial charge in [0.25, 0.3) is 5.91 Å². The molecule has 0 spiro atoms. The van der Waals surface area contributed by atoms with Crippen molar-refractivity contribution >= 4 is 28.9 Å². The third-order valence-electron chi connectivity index (χ3n) is 4.33.